The van der Waals surface area contributed by atoms with Crippen LogP contribution in [0.5, 0.6) is 11.5 Å². The number of rotatable bonds is 8. The Morgan fingerprint density at radius 3 is 2.81 bits per heavy atom. The summed E-state index contributed by atoms with van der Waals surface area (Å²) < 4.78 is 11.8. The number of nitrogens with one attached hydrogen (secondary N) is 1. The van der Waals surface area contributed by atoms with Gasteiger partial charge < -0.3 is 19.9 Å². The lowest BCUT2D eigenvalue weighted by atomic mass is 10.3. The van der Waals surface area contributed by atoms with Gasteiger partial charge >= 0.3 is 0 Å². The largest absolute Gasteiger partial charge is 0.497 e. The first kappa shape index (κ1) is 16.3. The molecule has 0 bridgehead atoms. The number of hydrogen-bond acceptors (Lipinski definition) is 5. The second kappa shape index (κ2) is 8.38. The minimum Gasteiger partial charge on any atom is -0.497 e. The van der Waals surface area contributed by atoms with E-state index in [0.717, 1.165) is 16.1 Å². The van der Waals surface area contributed by atoms with Gasteiger partial charge in [-0.15, -0.1) is 11.3 Å². The Morgan fingerprint density at radius 1 is 1.29 bits per heavy atom. The van der Waals surface area contributed by atoms with Gasteiger partial charge in [-0.05, 0) is 40.2 Å². The van der Waals surface area contributed by atoms with Gasteiger partial charge in [0.05, 0.1) is 10.9 Å². The van der Waals surface area contributed by atoms with Crippen LogP contribution in [-0.2, 0) is 6.54 Å². The molecular weight excluding hydrogens is 354 g/mol. The first-order valence-corrected chi connectivity index (χ1v) is 8.18. The molecule has 2 aromatic rings. The van der Waals surface area contributed by atoms with Crippen LogP contribution >= 0.6 is 27.3 Å². The van der Waals surface area contributed by atoms with Crippen molar-refractivity contribution in [1.29, 1.82) is 0 Å². The van der Waals surface area contributed by atoms with E-state index in [1.807, 2.05) is 24.3 Å². The summed E-state index contributed by atoms with van der Waals surface area (Å²) in [6.45, 7) is 1.47. The molecule has 4 nitrogen and oxygen atoms in total. The second-order valence-electron chi connectivity index (χ2n) is 4.48. The average molecular weight is 372 g/mol. The molecule has 0 saturated heterocycles. The molecule has 0 aliphatic carbocycles. The molecule has 0 saturated carbocycles. The van der Waals surface area contributed by atoms with E-state index in [2.05, 4.69) is 27.3 Å². The summed E-state index contributed by atoms with van der Waals surface area (Å²) in [5, 5.41) is 13.1. The van der Waals surface area contributed by atoms with E-state index in [9.17, 15) is 5.11 Å². The summed E-state index contributed by atoms with van der Waals surface area (Å²) in [7, 11) is 1.61. The van der Waals surface area contributed by atoms with Gasteiger partial charge in [0.1, 0.15) is 24.2 Å². The first-order chi connectivity index (χ1) is 10.2. The van der Waals surface area contributed by atoms with Crippen LogP contribution in [0.1, 0.15) is 4.88 Å². The van der Waals surface area contributed by atoms with Gasteiger partial charge in [-0.25, -0.2) is 0 Å². The summed E-state index contributed by atoms with van der Waals surface area (Å²) in [4.78, 5) is 1.22. The summed E-state index contributed by atoms with van der Waals surface area (Å²) in [5.74, 6) is 1.43. The third-order valence-electron chi connectivity index (χ3n) is 2.79. The van der Waals surface area contributed by atoms with Crippen molar-refractivity contribution in [3.8, 4) is 11.5 Å². The lowest BCUT2D eigenvalue weighted by Crippen LogP contribution is -2.30. The quantitative estimate of drug-likeness (QED) is 0.748. The van der Waals surface area contributed by atoms with E-state index >= 15 is 0 Å². The maximum Gasteiger partial charge on any atom is 0.123 e. The van der Waals surface area contributed by atoms with Crippen LogP contribution in [-0.4, -0.2) is 31.5 Å². The molecule has 0 radical (unpaired) electrons. The van der Waals surface area contributed by atoms with Crippen LogP contribution < -0.4 is 14.8 Å². The van der Waals surface area contributed by atoms with Gasteiger partial charge in [0.25, 0.3) is 0 Å². The zero-order chi connectivity index (χ0) is 15.1. The smallest absolute Gasteiger partial charge is 0.123 e. The Kier molecular flexibility index (Phi) is 6.50. The van der Waals surface area contributed by atoms with Crippen LogP contribution in [0.15, 0.2) is 40.2 Å². The van der Waals surface area contributed by atoms with E-state index in [0.29, 0.717) is 12.3 Å². The van der Waals surface area contributed by atoms with Crippen molar-refractivity contribution >= 4 is 27.3 Å². The van der Waals surface area contributed by atoms with Crippen LogP contribution in [0, 0.1) is 0 Å². The third kappa shape index (κ3) is 5.67. The molecule has 1 atom stereocenters. The minimum absolute atomic E-state index is 0.244. The topological polar surface area (TPSA) is 50.7 Å². The number of aliphatic hydroxyl groups excluding tert-OH is 1. The van der Waals surface area contributed by atoms with Crippen molar-refractivity contribution in [2.24, 2.45) is 0 Å². The monoisotopic (exact) mass is 371 g/mol. The fraction of sp³-hybridized carbons (Fsp3) is 0.333. The molecule has 6 heteroatoms. The van der Waals surface area contributed by atoms with Gasteiger partial charge in [-0.1, -0.05) is 6.07 Å². The van der Waals surface area contributed by atoms with Crippen molar-refractivity contribution in [1.82, 2.24) is 5.32 Å². The molecule has 0 aliphatic rings. The summed E-state index contributed by atoms with van der Waals surface area (Å²) in [5.41, 5.74) is 0. The lowest BCUT2D eigenvalue weighted by molar-refractivity contribution is 0.106. The molecule has 1 heterocycles. The van der Waals surface area contributed by atoms with Crippen LogP contribution in [0.4, 0.5) is 0 Å². The van der Waals surface area contributed by atoms with Crippen molar-refractivity contribution < 1.29 is 14.6 Å². The van der Waals surface area contributed by atoms with E-state index in [4.69, 9.17) is 9.47 Å². The molecule has 0 aliphatic heterocycles. The number of halogens is 1. The fourth-order valence-electron chi connectivity index (χ4n) is 1.75. The lowest BCUT2D eigenvalue weighted by Gasteiger charge is -2.13. The number of benzene rings is 1. The zero-order valence-electron chi connectivity index (χ0n) is 11.7. The molecule has 0 fully saturated rings. The van der Waals surface area contributed by atoms with E-state index in [1.165, 1.54) is 4.88 Å². The highest BCUT2D eigenvalue weighted by atomic mass is 79.9. The summed E-state index contributed by atoms with van der Waals surface area (Å²) in [6, 6.07) is 11.4. The molecule has 0 amide bonds. The highest BCUT2D eigenvalue weighted by Gasteiger charge is 2.06. The van der Waals surface area contributed by atoms with Crippen LogP contribution in [0.3, 0.4) is 0 Å². The molecule has 21 heavy (non-hydrogen) atoms. The molecule has 114 valence electrons. The highest BCUT2D eigenvalue weighted by molar-refractivity contribution is 9.11. The van der Waals surface area contributed by atoms with E-state index < -0.39 is 6.10 Å². The Hall–Kier alpha value is -1.08. The fourth-order valence-corrected chi connectivity index (χ4v) is 3.20. The normalized spacial score (nSPS) is 12.1. The SMILES string of the molecule is COc1cccc(OCC(O)CNCc2ccc(Br)s2)c1. The van der Waals surface area contributed by atoms with Crippen molar-refractivity contribution in [2.75, 3.05) is 20.3 Å². The third-order valence-corrected chi connectivity index (χ3v) is 4.42. The number of hydrogen-bond donors (Lipinski definition) is 2. The van der Waals surface area contributed by atoms with E-state index in [-0.39, 0.29) is 6.61 Å². The maximum absolute atomic E-state index is 9.90. The second-order valence-corrected chi connectivity index (χ2v) is 7.03. The van der Waals surface area contributed by atoms with Crippen molar-refractivity contribution in [2.45, 2.75) is 12.6 Å². The molecule has 1 aromatic carbocycles. The minimum atomic E-state index is -0.556. The molecule has 2 rings (SSSR count). The number of methoxy groups -OCH3 is 1. The molecule has 1 unspecified atom stereocenters. The predicted octanol–water partition coefficient (Wildman–Crippen LogP) is 3.05. The maximum atomic E-state index is 9.90. The van der Waals surface area contributed by atoms with Crippen LogP contribution in [0.25, 0.3) is 0 Å². The standard InChI is InChI=1S/C15H18BrNO3S/c1-19-12-3-2-4-13(7-12)20-10-11(18)8-17-9-14-5-6-15(16)21-14/h2-7,11,17-18H,8-10H2,1H3. The Balaban J connectivity index is 1.68. The Morgan fingerprint density at radius 2 is 2.10 bits per heavy atom. The Bertz CT molecular complexity index is 561. The van der Waals surface area contributed by atoms with E-state index in [1.54, 1.807) is 24.5 Å². The van der Waals surface area contributed by atoms with Crippen molar-refractivity contribution in [3.63, 3.8) is 0 Å². The molecule has 0 spiro atoms. The average Bonchev–Trinajstić information content (AvgIpc) is 2.91. The summed E-state index contributed by atoms with van der Waals surface area (Å²) in [6.07, 6.45) is -0.556. The van der Waals surface area contributed by atoms with Gasteiger partial charge in [0.2, 0.25) is 0 Å². The van der Waals surface area contributed by atoms with Crippen LogP contribution in [0.2, 0.25) is 0 Å². The molecule has 2 N–H and O–H groups in total. The van der Waals surface area contributed by atoms with Crippen molar-refractivity contribution in [3.05, 3.63) is 45.1 Å². The van der Waals surface area contributed by atoms with Gasteiger partial charge in [-0.3, -0.25) is 0 Å². The summed E-state index contributed by atoms with van der Waals surface area (Å²) >= 11 is 5.11. The first-order valence-electron chi connectivity index (χ1n) is 6.57. The Labute approximate surface area is 136 Å². The molecular formula is C15H18BrNO3S. The number of aliphatic hydroxyl groups is 1. The van der Waals surface area contributed by atoms with Gasteiger partial charge in [0.15, 0.2) is 0 Å². The van der Waals surface area contributed by atoms with Gasteiger partial charge in [0, 0.05) is 24.0 Å². The van der Waals surface area contributed by atoms with Gasteiger partial charge in [-0.2, -0.15) is 0 Å². The highest BCUT2D eigenvalue weighted by Crippen LogP contribution is 2.21. The number of thiophene rings is 1. The number of ether oxygens (including phenoxy) is 2. The molecule has 1 aromatic heterocycles. The predicted molar refractivity (Wildman–Crippen MR) is 88.2 cm³/mol. The zero-order valence-corrected chi connectivity index (χ0v) is 14.1.